The molecule has 1 aliphatic rings. The molecule has 0 fully saturated rings. The third-order valence-corrected chi connectivity index (χ3v) is 5.04. The van der Waals surface area contributed by atoms with Crippen LogP contribution in [-0.4, -0.2) is 42.2 Å². The first-order chi connectivity index (χ1) is 14.3. The average molecular weight is 412 g/mol. The third-order valence-electron chi connectivity index (χ3n) is 5.04. The Hall–Kier alpha value is -3.22. The Kier molecular flexibility index (Phi) is 8.53. The van der Waals surface area contributed by atoms with Crippen molar-refractivity contribution >= 4 is 35.5 Å². The van der Waals surface area contributed by atoms with Crippen LogP contribution in [0.2, 0.25) is 0 Å². The highest BCUT2D eigenvalue weighted by molar-refractivity contribution is 6.12. The Morgan fingerprint density at radius 2 is 1.87 bits per heavy atom. The quantitative estimate of drug-likeness (QED) is 0.275. The van der Waals surface area contributed by atoms with Crippen molar-refractivity contribution in [2.75, 3.05) is 19.0 Å². The largest absolute Gasteiger partial charge is 0.466 e. The predicted molar refractivity (Wildman–Crippen MR) is 115 cm³/mol. The molecular weight excluding hydrogens is 384 g/mol. The van der Waals surface area contributed by atoms with Crippen molar-refractivity contribution in [2.45, 2.75) is 45.4 Å². The summed E-state index contributed by atoms with van der Waals surface area (Å²) in [5.41, 5.74) is 2.53. The summed E-state index contributed by atoms with van der Waals surface area (Å²) < 4.78 is 4.61. The van der Waals surface area contributed by atoms with Gasteiger partial charge in [-0.05, 0) is 48.4 Å². The number of benzene rings is 1. The number of amides is 3. The molecule has 160 valence electrons. The lowest BCUT2D eigenvalue weighted by atomic mass is 9.95. The van der Waals surface area contributed by atoms with Gasteiger partial charge >= 0.3 is 5.97 Å². The first kappa shape index (κ1) is 23.1. The van der Waals surface area contributed by atoms with Crippen molar-refractivity contribution in [2.24, 2.45) is 0 Å². The number of carbonyl (C=O) groups excluding carboxylic acids is 4. The standard InChI is InChI=1S/C23H28N2O5/c1-4-16(2)18-10-8-17(9-13-23(29)30-3)15-19(18)24-20(26)7-5-6-14-25-21(27)11-12-22(25)28/h8-13,15-16H,4-7,14H2,1-3H3,(H,24,26)/b13-9+. The maximum atomic E-state index is 12.5. The van der Waals surface area contributed by atoms with E-state index in [1.165, 1.54) is 30.2 Å². The molecule has 1 unspecified atom stereocenters. The van der Waals surface area contributed by atoms with Crippen molar-refractivity contribution in [1.29, 1.82) is 0 Å². The molecule has 7 heteroatoms. The third kappa shape index (κ3) is 6.40. The summed E-state index contributed by atoms with van der Waals surface area (Å²) in [7, 11) is 1.32. The summed E-state index contributed by atoms with van der Waals surface area (Å²) in [5, 5.41) is 2.96. The number of methoxy groups -OCH3 is 1. The van der Waals surface area contributed by atoms with Gasteiger partial charge in [0.15, 0.2) is 0 Å². The number of hydrogen-bond acceptors (Lipinski definition) is 5. The molecule has 7 nitrogen and oxygen atoms in total. The van der Waals surface area contributed by atoms with Gasteiger partial charge < -0.3 is 10.1 Å². The molecule has 0 aliphatic carbocycles. The number of carbonyl (C=O) groups is 4. The number of anilines is 1. The van der Waals surface area contributed by atoms with Crippen LogP contribution < -0.4 is 5.32 Å². The van der Waals surface area contributed by atoms with Gasteiger partial charge in [0.25, 0.3) is 11.8 Å². The van der Waals surface area contributed by atoms with Crippen molar-refractivity contribution in [3.8, 4) is 0 Å². The minimum Gasteiger partial charge on any atom is -0.466 e. The summed E-state index contributed by atoms with van der Waals surface area (Å²) >= 11 is 0. The fourth-order valence-electron chi connectivity index (χ4n) is 3.09. The molecule has 0 radical (unpaired) electrons. The zero-order valence-electron chi connectivity index (χ0n) is 17.6. The molecule has 1 atom stereocenters. The molecule has 2 rings (SSSR count). The van der Waals surface area contributed by atoms with Crippen LogP contribution in [0.5, 0.6) is 0 Å². The fourth-order valence-corrected chi connectivity index (χ4v) is 3.09. The first-order valence-electron chi connectivity index (χ1n) is 10.1. The minimum atomic E-state index is -0.447. The summed E-state index contributed by atoms with van der Waals surface area (Å²) in [5.74, 6) is -0.930. The molecular formula is C23H28N2O5. The Bertz CT molecular complexity index is 854. The Balaban J connectivity index is 1.97. The van der Waals surface area contributed by atoms with Crippen LogP contribution in [0.3, 0.4) is 0 Å². The van der Waals surface area contributed by atoms with E-state index in [1.807, 2.05) is 18.2 Å². The summed E-state index contributed by atoms with van der Waals surface area (Å²) in [6.45, 7) is 4.48. The van der Waals surface area contributed by atoms with Gasteiger partial charge in [-0.2, -0.15) is 0 Å². The lowest BCUT2D eigenvalue weighted by Gasteiger charge is -2.17. The Morgan fingerprint density at radius 1 is 1.17 bits per heavy atom. The van der Waals surface area contributed by atoms with E-state index >= 15 is 0 Å². The predicted octanol–water partition coefficient (Wildman–Crippen LogP) is 3.42. The Labute approximate surface area is 176 Å². The number of unbranched alkanes of at least 4 members (excludes halogenated alkanes) is 1. The summed E-state index contributed by atoms with van der Waals surface area (Å²) in [6.07, 6.45) is 7.81. The number of hydrogen-bond donors (Lipinski definition) is 1. The normalized spacial score (nSPS) is 14.4. The molecule has 1 aromatic rings. The monoisotopic (exact) mass is 412 g/mol. The van der Waals surface area contributed by atoms with Gasteiger partial charge in [-0.1, -0.05) is 26.0 Å². The van der Waals surface area contributed by atoms with E-state index in [0.29, 0.717) is 19.4 Å². The van der Waals surface area contributed by atoms with Crippen LogP contribution in [0.25, 0.3) is 6.08 Å². The van der Waals surface area contributed by atoms with Gasteiger partial charge in [0.05, 0.1) is 7.11 Å². The lowest BCUT2D eigenvalue weighted by Crippen LogP contribution is -2.31. The van der Waals surface area contributed by atoms with Gasteiger partial charge in [0, 0.05) is 36.9 Å². The van der Waals surface area contributed by atoms with Gasteiger partial charge in [0.1, 0.15) is 0 Å². The van der Waals surface area contributed by atoms with E-state index in [0.717, 1.165) is 23.2 Å². The molecule has 1 aromatic carbocycles. The van der Waals surface area contributed by atoms with E-state index in [9.17, 15) is 19.2 Å². The number of rotatable bonds is 10. The van der Waals surface area contributed by atoms with Crippen LogP contribution in [0.4, 0.5) is 5.69 Å². The van der Waals surface area contributed by atoms with Crippen molar-refractivity contribution in [3.05, 3.63) is 47.6 Å². The number of ether oxygens (including phenoxy) is 1. The minimum absolute atomic E-state index is 0.133. The number of esters is 1. The van der Waals surface area contributed by atoms with Crippen LogP contribution >= 0.6 is 0 Å². The zero-order valence-corrected chi connectivity index (χ0v) is 17.6. The molecule has 0 saturated heterocycles. The van der Waals surface area contributed by atoms with Crippen LogP contribution in [0, 0.1) is 0 Å². The number of nitrogens with one attached hydrogen (secondary N) is 1. The second kappa shape index (κ2) is 11.1. The van der Waals surface area contributed by atoms with Crippen molar-refractivity contribution < 1.29 is 23.9 Å². The number of imide groups is 1. The molecule has 1 heterocycles. The second-order valence-electron chi connectivity index (χ2n) is 7.18. The summed E-state index contributed by atoms with van der Waals surface area (Å²) in [4.78, 5) is 48.0. The van der Waals surface area contributed by atoms with Crippen molar-refractivity contribution in [3.63, 3.8) is 0 Å². The molecule has 0 bridgehead atoms. The molecule has 0 spiro atoms. The van der Waals surface area contributed by atoms with E-state index in [4.69, 9.17) is 0 Å². The molecule has 0 saturated carbocycles. The maximum absolute atomic E-state index is 12.5. The highest BCUT2D eigenvalue weighted by Gasteiger charge is 2.22. The molecule has 3 amide bonds. The zero-order chi connectivity index (χ0) is 22.1. The Morgan fingerprint density at radius 3 is 2.50 bits per heavy atom. The first-order valence-corrected chi connectivity index (χ1v) is 10.1. The van der Waals surface area contributed by atoms with Crippen LogP contribution in [0.15, 0.2) is 36.4 Å². The lowest BCUT2D eigenvalue weighted by molar-refractivity contribution is -0.137. The fraction of sp³-hybridized carbons (Fsp3) is 0.391. The topological polar surface area (TPSA) is 92.8 Å². The maximum Gasteiger partial charge on any atom is 0.330 e. The molecule has 1 N–H and O–H groups in total. The van der Waals surface area contributed by atoms with Crippen LogP contribution in [0.1, 0.15) is 56.6 Å². The molecule has 30 heavy (non-hydrogen) atoms. The second-order valence-corrected chi connectivity index (χ2v) is 7.18. The van der Waals surface area contributed by atoms with Crippen LogP contribution in [-0.2, 0) is 23.9 Å². The molecule has 1 aliphatic heterocycles. The van der Waals surface area contributed by atoms with E-state index in [1.54, 1.807) is 6.08 Å². The average Bonchev–Trinajstić information content (AvgIpc) is 3.06. The molecule has 0 aromatic heterocycles. The SMILES string of the molecule is CCC(C)c1ccc(/C=C/C(=O)OC)cc1NC(=O)CCCCN1C(=O)C=CC1=O. The van der Waals surface area contributed by atoms with E-state index in [-0.39, 0.29) is 30.1 Å². The van der Waals surface area contributed by atoms with Gasteiger partial charge in [-0.25, -0.2) is 4.79 Å². The van der Waals surface area contributed by atoms with Gasteiger partial charge in [0.2, 0.25) is 5.91 Å². The number of nitrogens with zero attached hydrogens (tertiary/aromatic N) is 1. The van der Waals surface area contributed by atoms with E-state index < -0.39 is 5.97 Å². The van der Waals surface area contributed by atoms with Gasteiger partial charge in [-0.15, -0.1) is 0 Å². The van der Waals surface area contributed by atoms with E-state index in [2.05, 4.69) is 23.9 Å². The van der Waals surface area contributed by atoms with Gasteiger partial charge in [-0.3, -0.25) is 19.3 Å². The smallest absolute Gasteiger partial charge is 0.330 e. The summed E-state index contributed by atoms with van der Waals surface area (Å²) in [6, 6.07) is 5.69. The highest BCUT2D eigenvalue weighted by atomic mass is 16.5. The van der Waals surface area contributed by atoms with Crippen molar-refractivity contribution in [1.82, 2.24) is 4.90 Å². The highest BCUT2D eigenvalue weighted by Crippen LogP contribution is 2.28.